The second-order valence-electron chi connectivity index (χ2n) is 9.93. The van der Waals surface area contributed by atoms with Gasteiger partial charge in [0.1, 0.15) is 13.6 Å². The molecule has 0 bridgehead atoms. The van der Waals surface area contributed by atoms with Crippen LogP contribution in [0.5, 0.6) is 5.75 Å². The standard InChI is InChI=1S/C26H28BF2N3O5/c1-14(2)37-18-5-7-20(15(3)10-18)26(28,29)24(36)30-12-16-4-6-19-17(11-16)13-32(22(19)34)25(27)9-8-21(33)31-23(25)35/h4-7,10-11,14H,8-9,12-13,27H2,1-3H3,(H,30,36)(H,31,33,35)/t25-/m0/s1. The van der Waals surface area contributed by atoms with E-state index in [1.54, 1.807) is 26.0 Å². The summed E-state index contributed by atoms with van der Waals surface area (Å²) in [5, 5.41) is 4.57. The number of alkyl halides is 2. The molecular weight excluding hydrogens is 483 g/mol. The Morgan fingerprint density at radius 2 is 1.95 bits per heavy atom. The monoisotopic (exact) mass is 511 g/mol. The highest BCUT2D eigenvalue weighted by Crippen LogP contribution is 2.34. The lowest BCUT2D eigenvalue weighted by molar-refractivity contribution is -0.147. The maximum Gasteiger partial charge on any atom is 0.350 e. The lowest BCUT2D eigenvalue weighted by atomic mass is 9.70. The maximum absolute atomic E-state index is 15.0. The van der Waals surface area contributed by atoms with Gasteiger partial charge in [0.15, 0.2) is 0 Å². The molecule has 1 fully saturated rings. The molecule has 11 heteroatoms. The van der Waals surface area contributed by atoms with Crippen LogP contribution in [-0.4, -0.2) is 47.9 Å². The molecule has 2 heterocycles. The second kappa shape index (κ2) is 9.61. The van der Waals surface area contributed by atoms with Crippen molar-refractivity contribution in [2.45, 2.75) is 64.2 Å². The van der Waals surface area contributed by atoms with Crippen molar-refractivity contribution in [1.29, 1.82) is 0 Å². The summed E-state index contributed by atoms with van der Waals surface area (Å²) in [5.74, 6) is -6.01. The summed E-state index contributed by atoms with van der Waals surface area (Å²) in [4.78, 5) is 50.9. The molecule has 0 aromatic heterocycles. The van der Waals surface area contributed by atoms with E-state index in [4.69, 9.17) is 4.74 Å². The van der Waals surface area contributed by atoms with E-state index >= 15 is 0 Å². The zero-order chi connectivity index (χ0) is 27.1. The van der Waals surface area contributed by atoms with Crippen LogP contribution in [0.3, 0.4) is 0 Å². The SMILES string of the molecule is B[C@]1(N2Cc3cc(CNC(=O)C(F)(F)c4ccc(OC(C)C)cc4C)ccc3C2=O)CCC(=O)NC1=O. The Bertz CT molecular complexity index is 1300. The number of imide groups is 1. The Hall–Kier alpha value is -3.76. The normalized spacial score (nSPS) is 19.6. The van der Waals surface area contributed by atoms with Crippen molar-refractivity contribution in [3.63, 3.8) is 0 Å². The number of hydrogen-bond donors (Lipinski definition) is 2. The number of aryl methyl sites for hydroxylation is 1. The van der Waals surface area contributed by atoms with Crippen LogP contribution in [0.2, 0.25) is 0 Å². The van der Waals surface area contributed by atoms with Crippen molar-refractivity contribution in [2.75, 3.05) is 0 Å². The fourth-order valence-corrected chi connectivity index (χ4v) is 4.68. The van der Waals surface area contributed by atoms with Crippen molar-refractivity contribution in [3.05, 3.63) is 64.2 Å². The Labute approximate surface area is 214 Å². The van der Waals surface area contributed by atoms with E-state index in [1.165, 1.54) is 30.0 Å². The maximum atomic E-state index is 15.0. The first kappa shape index (κ1) is 26.3. The molecule has 194 valence electrons. The Morgan fingerprint density at radius 1 is 1.22 bits per heavy atom. The summed E-state index contributed by atoms with van der Waals surface area (Å²) >= 11 is 0. The summed E-state index contributed by atoms with van der Waals surface area (Å²) in [6, 6.07) is 8.87. The molecule has 8 nitrogen and oxygen atoms in total. The molecule has 2 aromatic rings. The van der Waals surface area contributed by atoms with E-state index in [0.717, 1.165) is 0 Å². The summed E-state index contributed by atoms with van der Waals surface area (Å²) in [7, 11) is 1.62. The zero-order valence-electron chi connectivity index (χ0n) is 21.1. The first-order valence-corrected chi connectivity index (χ1v) is 12.0. The van der Waals surface area contributed by atoms with Crippen LogP contribution in [0.15, 0.2) is 36.4 Å². The summed E-state index contributed by atoms with van der Waals surface area (Å²) in [6.07, 6.45) is 0.218. The number of hydrogen-bond acceptors (Lipinski definition) is 5. The lowest BCUT2D eigenvalue weighted by Crippen LogP contribution is -2.63. The molecule has 0 aliphatic carbocycles. The third-order valence-electron chi connectivity index (χ3n) is 6.80. The topological polar surface area (TPSA) is 105 Å². The van der Waals surface area contributed by atoms with Crippen LogP contribution in [0, 0.1) is 6.92 Å². The fourth-order valence-electron chi connectivity index (χ4n) is 4.68. The van der Waals surface area contributed by atoms with Crippen molar-refractivity contribution in [3.8, 4) is 5.75 Å². The predicted molar refractivity (Wildman–Crippen MR) is 133 cm³/mol. The number of halogens is 2. The molecule has 1 atom stereocenters. The van der Waals surface area contributed by atoms with E-state index in [9.17, 15) is 28.0 Å². The van der Waals surface area contributed by atoms with Gasteiger partial charge in [0.05, 0.1) is 11.5 Å². The van der Waals surface area contributed by atoms with Gasteiger partial charge in [0, 0.05) is 30.6 Å². The fraction of sp³-hybridized carbons (Fsp3) is 0.385. The number of benzene rings is 2. The molecule has 2 aliphatic rings. The first-order chi connectivity index (χ1) is 17.3. The molecule has 2 N–H and O–H groups in total. The number of nitrogens with zero attached hydrogens (tertiary/aromatic N) is 1. The summed E-state index contributed by atoms with van der Waals surface area (Å²) in [6.45, 7) is 5.11. The molecule has 1 saturated heterocycles. The average molecular weight is 511 g/mol. The molecule has 37 heavy (non-hydrogen) atoms. The highest BCUT2D eigenvalue weighted by Gasteiger charge is 2.48. The van der Waals surface area contributed by atoms with Crippen LogP contribution < -0.4 is 15.4 Å². The van der Waals surface area contributed by atoms with E-state index < -0.39 is 28.7 Å². The Kier molecular flexibility index (Phi) is 6.83. The van der Waals surface area contributed by atoms with Gasteiger partial charge in [-0.25, -0.2) is 0 Å². The number of amides is 4. The molecule has 0 saturated carbocycles. The van der Waals surface area contributed by atoms with Gasteiger partial charge in [0.25, 0.3) is 11.8 Å². The largest absolute Gasteiger partial charge is 0.491 e. The predicted octanol–water partition coefficient (Wildman–Crippen LogP) is 1.91. The van der Waals surface area contributed by atoms with Gasteiger partial charge in [-0.05, 0) is 68.1 Å². The van der Waals surface area contributed by atoms with Crippen LogP contribution in [-0.2, 0) is 33.4 Å². The van der Waals surface area contributed by atoms with Crippen LogP contribution in [0.4, 0.5) is 8.78 Å². The number of carbonyl (C=O) groups excluding carboxylic acids is 4. The molecule has 0 spiro atoms. The Balaban J connectivity index is 1.45. The summed E-state index contributed by atoms with van der Waals surface area (Å²) < 4.78 is 35.5. The molecule has 0 unspecified atom stereocenters. The molecule has 4 amide bonds. The zero-order valence-corrected chi connectivity index (χ0v) is 21.1. The minimum Gasteiger partial charge on any atom is -0.491 e. The lowest BCUT2D eigenvalue weighted by Gasteiger charge is -2.39. The number of ether oxygens (including phenoxy) is 1. The van der Waals surface area contributed by atoms with Gasteiger partial charge in [-0.3, -0.25) is 24.5 Å². The molecule has 0 radical (unpaired) electrons. The minimum absolute atomic E-state index is 0.115. The number of rotatable bonds is 7. The van der Waals surface area contributed by atoms with Crippen molar-refractivity contribution < 1.29 is 32.7 Å². The van der Waals surface area contributed by atoms with E-state index in [0.29, 0.717) is 22.4 Å². The highest BCUT2D eigenvalue weighted by atomic mass is 19.3. The first-order valence-electron chi connectivity index (χ1n) is 12.0. The van der Waals surface area contributed by atoms with Crippen molar-refractivity contribution >= 4 is 31.5 Å². The molecular formula is C26H28BF2N3O5. The van der Waals surface area contributed by atoms with Crippen molar-refractivity contribution in [1.82, 2.24) is 15.5 Å². The van der Waals surface area contributed by atoms with Gasteiger partial charge in [-0.15, -0.1) is 0 Å². The van der Waals surface area contributed by atoms with E-state index in [2.05, 4.69) is 10.6 Å². The molecule has 2 aliphatic heterocycles. The number of carbonyl (C=O) groups is 4. The van der Waals surface area contributed by atoms with E-state index in [-0.39, 0.29) is 49.4 Å². The van der Waals surface area contributed by atoms with Crippen LogP contribution in [0.1, 0.15) is 59.3 Å². The number of fused-ring (bicyclic) bond motifs is 1. The van der Waals surface area contributed by atoms with Gasteiger partial charge < -0.3 is 15.0 Å². The smallest absolute Gasteiger partial charge is 0.350 e. The highest BCUT2D eigenvalue weighted by molar-refractivity contribution is 6.32. The van der Waals surface area contributed by atoms with Gasteiger partial charge in [0.2, 0.25) is 11.8 Å². The number of piperidine rings is 1. The van der Waals surface area contributed by atoms with Gasteiger partial charge in [-0.2, -0.15) is 8.78 Å². The number of nitrogens with one attached hydrogen (secondary N) is 2. The Morgan fingerprint density at radius 3 is 2.59 bits per heavy atom. The average Bonchev–Trinajstić information content (AvgIpc) is 3.16. The van der Waals surface area contributed by atoms with Crippen molar-refractivity contribution in [2.24, 2.45) is 0 Å². The summed E-state index contributed by atoms with van der Waals surface area (Å²) in [5.41, 5.74) is 0.193. The third-order valence-corrected chi connectivity index (χ3v) is 6.80. The third kappa shape index (κ3) is 4.94. The second-order valence-corrected chi connectivity index (χ2v) is 9.93. The van der Waals surface area contributed by atoms with Gasteiger partial charge >= 0.3 is 5.92 Å². The molecule has 4 rings (SSSR count). The van der Waals surface area contributed by atoms with Crippen LogP contribution in [0.25, 0.3) is 0 Å². The minimum atomic E-state index is -3.76. The van der Waals surface area contributed by atoms with Crippen LogP contribution >= 0.6 is 0 Å². The molecule has 2 aromatic carbocycles. The van der Waals surface area contributed by atoms with Gasteiger partial charge in [-0.1, -0.05) is 12.1 Å². The quantitative estimate of drug-likeness (QED) is 0.437. The van der Waals surface area contributed by atoms with E-state index in [1.807, 2.05) is 13.8 Å².